The molecule has 2 aliphatic heterocycles. The van der Waals surface area contributed by atoms with Gasteiger partial charge in [0.1, 0.15) is 24.2 Å². The molecule has 0 saturated carbocycles. The first-order valence-corrected chi connectivity index (χ1v) is 18.4. The van der Waals surface area contributed by atoms with E-state index < -0.39 is 69.4 Å². The van der Waals surface area contributed by atoms with Gasteiger partial charge in [-0.3, -0.25) is 14.5 Å². The average Bonchev–Trinajstić information content (AvgIpc) is 3.05. The Morgan fingerprint density at radius 3 is 2.35 bits per heavy atom. The van der Waals surface area contributed by atoms with Gasteiger partial charge in [0.2, 0.25) is 0 Å². The Morgan fingerprint density at radius 2 is 1.76 bits per heavy atom. The normalized spacial score (nSPS) is 39.4. The van der Waals surface area contributed by atoms with Crippen LogP contribution in [0.2, 0.25) is 0 Å². The van der Waals surface area contributed by atoms with Gasteiger partial charge in [-0.15, -0.1) is 12.3 Å². The van der Waals surface area contributed by atoms with E-state index in [0.717, 1.165) is 13.0 Å². The third-order valence-electron chi connectivity index (χ3n) is 10.00. The summed E-state index contributed by atoms with van der Waals surface area (Å²) in [6, 6.07) is -0.326. The Hall–Kier alpha value is -1.42. The van der Waals surface area contributed by atoms with E-state index >= 15 is 0 Å². The van der Waals surface area contributed by atoms with Crippen LogP contribution >= 0.6 is 22.6 Å². The molecule has 3 N–H and O–H groups in total. The predicted octanol–water partition coefficient (Wildman–Crippen LogP) is 2.61. The van der Waals surface area contributed by atoms with Gasteiger partial charge in [-0.05, 0) is 97.1 Å². The minimum atomic E-state index is -1.90. The molecule has 0 amide bonds. The van der Waals surface area contributed by atoms with Crippen LogP contribution in [0, 0.1) is 30.1 Å². The molecule has 0 aromatic heterocycles. The molecular formula is C35H60IN3O10. The van der Waals surface area contributed by atoms with Crippen molar-refractivity contribution in [2.24, 2.45) is 22.9 Å². The number of carbonyl (C=O) groups is 2. The summed E-state index contributed by atoms with van der Waals surface area (Å²) >= 11 is 1.75. The summed E-state index contributed by atoms with van der Waals surface area (Å²) in [5.41, 5.74) is -2.65. The van der Waals surface area contributed by atoms with E-state index in [1.165, 1.54) is 21.0 Å². The van der Waals surface area contributed by atoms with Crippen LogP contribution < -0.4 is 0 Å². The highest BCUT2D eigenvalue weighted by Gasteiger charge is 2.50. The van der Waals surface area contributed by atoms with Crippen molar-refractivity contribution in [1.29, 1.82) is 0 Å². The first kappa shape index (κ1) is 43.7. The van der Waals surface area contributed by atoms with Crippen molar-refractivity contribution < 1.29 is 48.7 Å². The van der Waals surface area contributed by atoms with Gasteiger partial charge in [0.25, 0.3) is 0 Å². The highest BCUT2D eigenvalue weighted by Crippen LogP contribution is 2.37. The van der Waals surface area contributed by atoms with Crippen LogP contribution in [-0.2, 0) is 33.4 Å². The fourth-order valence-corrected chi connectivity index (χ4v) is 7.01. The summed E-state index contributed by atoms with van der Waals surface area (Å²) in [7, 11) is 7.31. The van der Waals surface area contributed by atoms with Crippen LogP contribution in [0.4, 0.5) is 0 Å². The molecule has 0 aromatic carbocycles. The lowest BCUT2D eigenvalue weighted by Crippen LogP contribution is -2.59. The zero-order valence-corrected chi connectivity index (χ0v) is 33.1. The van der Waals surface area contributed by atoms with Crippen molar-refractivity contribution in [3.05, 3.63) is 0 Å². The Labute approximate surface area is 306 Å². The molecule has 49 heavy (non-hydrogen) atoms. The molecule has 2 aliphatic rings. The minimum absolute atomic E-state index is 0.232. The largest absolute Gasteiger partial charge is 0.448 e. The summed E-state index contributed by atoms with van der Waals surface area (Å²) in [6.45, 7) is 11.6. The first-order chi connectivity index (χ1) is 22.8. The number of alkyl halides is 1. The topological polar surface area (TPSA) is 160 Å². The molecule has 2 heterocycles. The number of aliphatic hydroxyl groups excluding tert-OH is 2. The number of aliphatic hydroxyl groups is 3. The number of Topliss-reactive ketones (excluding diaryl/α,β-unsaturated/α-hetero) is 1. The molecular weight excluding hydrogens is 749 g/mol. The minimum Gasteiger partial charge on any atom is -0.448 e. The molecule has 2 fully saturated rings. The molecule has 0 spiro atoms. The number of nitrogens with zero attached hydrogens (tertiary/aromatic N) is 3. The number of esters is 1. The molecule has 13 nitrogen and oxygen atoms in total. The van der Waals surface area contributed by atoms with Crippen LogP contribution in [0.3, 0.4) is 0 Å². The lowest BCUT2D eigenvalue weighted by molar-refractivity contribution is -0.295. The SMILES string of the molecule is C#CCCN(C)[C@H]1C[C@@H](C)O[C@@H](O[C@@H]2[C@@H](C)C(=O)[C@@H](C)C(=O)O[C@H](I)[C@@](C)(O)[C@H](O)[C@@H](C)/C(=N/OCCCN(C)C)CC[C@@]2(C)OC)[C@@H]1O. The van der Waals surface area contributed by atoms with E-state index in [1.807, 2.05) is 37.9 Å². The molecule has 0 bridgehead atoms. The standard InChI is InChI=1S/C35H60IN3O10/c1-12-13-18-39(10)26-20-21(2)47-32(28(26)41)48-30-23(4)27(40)24(5)31(43)49-33(36)35(7,44)29(42)22(3)25(15-16-34(30,6)45-11)37-46-19-14-17-38(8)9/h1,21-24,26,28-30,32-33,41-42,44H,13-20H2,2-11H3/b37-25+/t21-,22+,23+,24-,26+,28-,29-,30-,32+,33+,34-,35+/m1/s1. The molecule has 2 saturated heterocycles. The molecule has 0 radical (unpaired) electrons. The monoisotopic (exact) mass is 809 g/mol. The number of rotatable bonds is 11. The van der Waals surface area contributed by atoms with Crippen molar-refractivity contribution in [2.75, 3.05) is 47.9 Å². The molecule has 12 atom stereocenters. The van der Waals surface area contributed by atoms with Gasteiger partial charge in [0.15, 0.2) is 16.2 Å². The van der Waals surface area contributed by atoms with Crippen molar-refractivity contribution in [2.45, 2.75) is 126 Å². The summed E-state index contributed by atoms with van der Waals surface area (Å²) in [5.74, 6) is -1.61. The van der Waals surface area contributed by atoms with Crippen molar-refractivity contribution in [3.63, 3.8) is 0 Å². The van der Waals surface area contributed by atoms with Gasteiger partial charge < -0.3 is 44.0 Å². The molecule has 282 valence electrons. The molecule has 2 rings (SSSR count). The van der Waals surface area contributed by atoms with Gasteiger partial charge in [-0.25, -0.2) is 0 Å². The summed E-state index contributed by atoms with van der Waals surface area (Å²) < 4.78 is 23.3. The number of methoxy groups -OCH3 is 1. The number of ketones is 1. The molecule has 14 heteroatoms. The molecule has 0 aliphatic carbocycles. The Morgan fingerprint density at radius 1 is 1.10 bits per heavy atom. The fourth-order valence-electron chi connectivity index (χ4n) is 6.39. The van der Waals surface area contributed by atoms with Crippen LogP contribution in [0.5, 0.6) is 0 Å². The number of likely N-dealkylation sites (N-methyl/N-ethyl adjacent to an activating group) is 1. The fraction of sp³-hybridized carbons (Fsp3) is 0.857. The van der Waals surface area contributed by atoms with Gasteiger partial charge >= 0.3 is 5.97 Å². The Bertz CT molecular complexity index is 1150. The molecule has 0 unspecified atom stereocenters. The summed E-state index contributed by atoms with van der Waals surface area (Å²) in [5, 5.41) is 38.8. The van der Waals surface area contributed by atoms with Crippen molar-refractivity contribution in [3.8, 4) is 12.3 Å². The second-order valence-corrected chi connectivity index (χ2v) is 15.4. The van der Waals surface area contributed by atoms with Crippen LogP contribution in [0.1, 0.15) is 73.6 Å². The number of hydrogen-bond acceptors (Lipinski definition) is 13. The van der Waals surface area contributed by atoms with E-state index in [0.29, 0.717) is 31.7 Å². The second kappa shape index (κ2) is 19.4. The van der Waals surface area contributed by atoms with Gasteiger partial charge in [-0.1, -0.05) is 19.0 Å². The van der Waals surface area contributed by atoms with Gasteiger partial charge in [0, 0.05) is 44.5 Å². The van der Waals surface area contributed by atoms with Gasteiger partial charge in [-0.2, -0.15) is 0 Å². The van der Waals surface area contributed by atoms with E-state index in [1.54, 1.807) is 43.4 Å². The number of oxime groups is 1. The summed E-state index contributed by atoms with van der Waals surface area (Å²) in [4.78, 5) is 37.0. The number of cyclic esters (lactones) is 1. The van der Waals surface area contributed by atoms with E-state index in [4.69, 9.17) is 30.2 Å². The maximum Gasteiger partial charge on any atom is 0.317 e. The zero-order chi connectivity index (χ0) is 37.3. The lowest BCUT2D eigenvalue weighted by atomic mass is 9.78. The van der Waals surface area contributed by atoms with Crippen LogP contribution in [0.25, 0.3) is 0 Å². The smallest absolute Gasteiger partial charge is 0.317 e. The van der Waals surface area contributed by atoms with Gasteiger partial charge in [0.05, 0.1) is 29.6 Å². The Kier molecular flexibility index (Phi) is 17.3. The maximum absolute atomic E-state index is 14.0. The number of terminal acetylenes is 1. The van der Waals surface area contributed by atoms with E-state index in [2.05, 4.69) is 11.1 Å². The quantitative estimate of drug-likeness (QED) is 0.0534. The number of halogens is 1. The predicted molar refractivity (Wildman–Crippen MR) is 194 cm³/mol. The van der Waals surface area contributed by atoms with Crippen molar-refractivity contribution >= 4 is 40.1 Å². The third kappa shape index (κ3) is 11.5. The molecule has 0 aromatic rings. The number of ether oxygens (including phenoxy) is 4. The lowest BCUT2D eigenvalue weighted by Gasteiger charge is -2.47. The summed E-state index contributed by atoms with van der Waals surface area (Å²) in [6.07, 6.45) is 2.81. The number of carbonyl (C=O) groups excluding carboxylic acids is 2. The van der Waals surface area contributed by atoms with E-state index in [-0.39, 0.29) is 25.0 Å². The number of hydrogen-bond donors (Lipinski definition) is 3. The average molecular weight is 810 g/mol. The highest BCUT2D eigenvalue weighted by molar-refractivity contribution is 14.1. The van der Waals surface area contributed by atoms with Crippen molar-refractivity contribution in [1.82, 2.24) is 9.80 Å². The highest BCUT2D eigenvalue weighted by atomic mass is 127. The van der Waals surface area contributed by atoms with Crippen LogP contribution in [-0.4, -0.2) is 143 Å². The third-order valence-corrected chi connectivity index (χ3v) is 11.5. The first-order valence-electron chi connectivity index (χ1n) is 17.1. The van der Waals surface area contributed by atoms with Crippen LogP contribution in [0.15, 0.2) is 5.16 Å². The second-order valence-electron chi connectivity index (χ2n) is 14.3. The zero-order valence-electron chi connectivity index (χ0n) is 30.9. The Balaban J connectivity index is 2.59. The van der Waals surface area contributed by atoms with E-state index in [9.17, 15) is 24.9 Å². The maximum atomic E-state index is 14.0.